The Morgan fingerprint density at radius 2 is 1.67 bits per heavy atom. The van der Waals surface area contributed by atoms with E-state index in [1.165, 1.54) is 12.1 Å². The Morgan fingerprint density at radius 1 is 1.12 bits per heavy atom. The van der Waals surface area contributed by atoms with Gasteiger partial charge in [0, 0.05) is 0 Å². The largest absolute Gasteiger partial charge is 0.368 e. The zero-order valence-corrected chi connectivity index (χ0v) is 14.3. The number of nitrogens with two attached hydrogens (primary N) is 1. The highest BCUT2D eigenvalue weighted by Crippen LogP contribution is 2.29. The lowest BCUT2D eigenvalue weighted by Crippen LogP contribution is -2.59. The first kappa shape index (κ1) is 18.4. The standard InChI is InChI=1S/C18H26FN3O2/c1-22(2)15(13-7-9-14(19)10-8-13)16(23)21-18(17(20)24)11-5-3-4-6-12-18/h7-10,15H,3-6,11-12H2,1-2H3,(H2,20,24)(H,21,23). The van der Waals surface area contributed by atoms with Crippen LogP contribution in [-0.2, 0) is 9.59 Å². The lowest BCUT2D eigenvalue weighted by Gasteiger charge is -2.34. The molecule has 1 aliphatic carbocycles. The molecular formula is C18H26FN3O2. The van der Waals surface area contributed by atoms with Gasteiger partial charge in [-0.05, 0) is 44.6 Å². The molecular weight excluding hydrogens is 309 g/mol. The molecule has 6 heteroatoms. The van der Waals surface area contributed by atoms with E-state index >= 15 is 0 Å². The average molecular weight is 335 g/mol. The lowest BCUT2D eigenvalue weighted by molar-refractivity contribution is -0.134. The van der Waals surface area contributed by atoms with Crippen LogP contribution < -0.4 is 11.1 Å². The number of nitrogens with one attached hydrogen (secondary N) is 1. The number of carbonyl (C=O) groups is 2. The SMILES string of the molecule is CN(C)C(C(=O)NC1(C(N)=O)CCCCCC1)c1ccc(F)cc1. The topological polar surface area (TPSA) is 75.4 Å². The fourth-order valence-electron chi connectivity index (χ4n) is 3.40. The van der Waals surface area contributed by atoms with Crippen molar-refractivity contribution in [3.63, 3.8) is 0 Å². The Morgan fingerprint density at radius 3 is 2.12 bits per heavy atom. The second kappa shape index (κ2) is 7.75. The third kappa shape index (κ3) is 4.12. The van der Waals surface area contributed by atoms with Crippen LogP contribution in [0.25, 0.3) is 0 Å². The summed E-state index contributed by atoms with van der Waals surface area (Å²) in [4.78, 5) is 26.7. The molecule has 0 aromatic heterocycles. The summed E-state index contributed by atoms with van der Waals surface area (Å²) in [6, 6.07) is 5.22. The Bertz CT molecular complexity index is 578. The molecule has 3 N–H and O–H groups in total. The molecule has 1 unspecified atom stereocenters. The molecule has 1 aromatic carbocycles. The molecule has 132 valence electrons. The van der Waals surface area contributed by atoms with E-state index in [1.54, 1.807) is 31.1 Å². The van der Waals surface area contributed by atoms with Crippen molar-refractivity contribution in [1.82, 2.24) is 10.2 Å². The summed E-state index contributed by atoms with van der Waals surface area (Å²) in [6.07, 6.45) is 4.95. The van der Waals surface area contributed by atoms with Gasteiger partial charge in [0.1, 0.15) is 17.4 Å². The highest BCUT2D eigenvalue weighted by atomic mass is 19.1. The Labute approximate surface area is 142 Å². The van der Waals surface area contributed by atoms with Gasteiger partial charge in [-0.1, -0.05) is 37.8 Å². The molecule has 0 aliphatic heterocycles. The van der Waals surface area contributed by atoms with E-state index in [2.05, 4.69) is 5.32 Å². The molecule has 1 aliphatic rings. The summed E-state index contributed by atoms with van der Waals surface area (Å²) in [6.45, 7) is 0. The number of halogens is 1. The third-order valence-electron chi connectivity index (χ3n) is 4.74. The number of hydrogen-bond donors (Lipinski definition) is 2. The van der Waals surface area contributed by atoms with E-state index in [4.69, 9.17) is 5.73 Å². The first-order valence-corrected chi connectivity index (χ1v) is 8.39. The zero-order valence-electron chi connectivity index (χ0n) is 14.3. The zero-order chi connectivity index (χ0) is 17.7. The normalized spacial score (nSPS) is 18.7. The minimum absolute atomic E-state index is 0.285. The van der Waals surface area contributed by atoms with Gasteiger partial charge in [0.2, 0.25) is 11.8 Å². The van der Waals surface area contributed by atoms with Gasteiger partial charge in [-0.15, -0.1) is 0 Å². The van der Waals surface area contributed by atoms with E-state index in [-0.39, 0.29) is 11.7 Å². The number of hydrogen-bond acceptors (Lipinski definition) is 3. The van der Waals surface area contributed by atoms with Crippen molar-refractivity contribution < 1.29 is 14.0 Å². The van der Waals surface area contributed by atoms with E-state index in [1.807, 2.05) is 0 Å². The van der Waals surface area contributed by atoms with Crippen molar-refractivity contribution in [2.75, 3.05) is 14.1 Å². The van der Waals surface area contributed by atoms with E-state index in [0.717, 1.165) is 25.7 Å². The number of amides is 2. The van der Waals surface area contributed by atoms with Gasteiger partial charge in [0.15, 0.2) is 0 Å². The summed E-state index contributed by atoms with van der Waals surface area (Å²) in [5.41, 5.74) is 5.33. The Kier molecular flexibility index (Phi) is 5.94. The summed E-state index contributed by atoms with van der Waals surface area (Å²) in [5.74, 6) is -1.12. The molecule has 2 rings (SSSR count). The fraction of sp³-hybridized carbons (Fsp3) is 0.556. The monoisotopic (exact) mass is 335 g/mol. The minimum atomic E-state index is -0.984. The first-order valence-electron chi connectivity index (χ1n) is 8.39. The van der Waals surface area contributed by atoms with Crippen molar-refractivity contribution >= 4 is 11.8 Å². The van der Waals surface area contributed by atoms with Crippen LogP contribution in [0.4, 0.5) is 4.39 Å². The van der Waals surface area contributed by atoms with Gasteiger partial charge >= 0.3 is 0 Å². The molecule has 1 aromatic rings. The summed E-state index contributed by atoms with van der Waals surface area (Å²) >= 11 is 0. The number of rotatable bonds is 5. The molecule has 1 fully saturated rings. The highest BCUT2D eigenvalue weighted by molar-refractivity contribution is 5.92. The van der Waals surface area contributed by atoms with Crippen LogP contribution in [0.5, 0.6) is 0 Å². The van der Waals surface area contributed by atoms with Gasteiger partial charge in [0.05, 0.1) is 0 Å². The molecule has 1 saturated carbocycles. The smallest absolute Gasteiger partial charge is 0.243 e. The van der Waals surface area contributed by atoms with Gasteiger partial charge in [-0.2, -0.15) is 0 Å². The van der Waals surface area contributed by atoms with Crippen LogP contribution in [0, 0.1) is 5.82 Å². The number of likely N-dealkylation sites (N-methyl/N-ethyl adjacent to an activating group) is 1. The van der Waals surface area contributed by atoms with Crippen LogP contribution in [-0.4, -0.2) is 36.3 Å². The average Bonchev–Trinajstić information content (AvgIpc) is 2.75. The van der Waals surface area contributed by atoms with Crippen molar-refractivity contribution in [3.05, 3.63) is 35.6 Å². The molecule has 0 radical (unpaired) electrons. The lowest BCUT2D eigenvalue weighted by atomic mass is 9.88. The van der Waals surface area contributed by atoms with E-state index in [9.17, 15) is 14.0 Å². The maximum absolute atomic E-state index is 13.2. The van der Waals surface area contributed by atoms with Gasteiger partial charge in [-0.3, -0.25) is 14.5 Å². The minimum Gasteiger partial charge on any atom is -0.368 e. The van der Waals surface area contributed by atoms with Crippen LogP contribution in [0.15, 0.2) is 24.3 Å². The first-order chi connectivity index (χ1) is 11.4. The predicted molar refractivity (Wildman–Crippen MR) is 90.6 cm³/mol. The number of carbonyl (C=O) groups excluding carboxylic acids is 2. The molecule has 1 atom stereocenters. The van der Waals surface area contributed by atoms with Crippen molar-refractivity contribution in [2.45, 2.75) is 50.1 Å². The quantitative estimate of drug-likeness (QED) is 0.809. The second-order valence-corrected chi connectivity index (χ2v) is 6.77. The molecule has 0 heterocycles. The van der Waals surface area contributed by atoms with Crippen LogP contribution >= 0.6 is 0 Å². The summed E-state index contributed by atoms with van der Waals surface area (Å²) in [5, 5.41) is 2.92. The highest BCUT2D eigenvalue weighted by Gasteiger charge is 2.40. The molecule has 0 bridgehead atoms. The summed E-state index contributed by atoms with van der Waals surface area (Å²) < 4.78 is 13.2. The molecule has 0 saturated heterocycles. The maximum atomic E-state index is 13.2. The second-order valence-electron chi connectivity index (χ2n) is 6.77. The van der Waals surface area contributed by atoms with Gasteiger partial charge in [-0.25, -0.2) is 4.39 Å². The molecule has 24 heavy (non-hydrogen) atoms. The van der Waals surface area contributed by atoms with Gasteiger partial charge in [0.25, 0.3) is 0 Å². The van der Waals surface area contributed by atoms with E-state index in [0.29, 0.717) is 18.4 Å². The molecule has 0 spiro atoms. The predicted octanol–water partition coefficient (Wildman–Crippen LogP) is 2.12. The van der Waals surface area contributed by atoms with E-state index < -0.39 is 17.5 Å². The van der Waals surface area contributed by atoms with Crippen molar-refractivity contribution in [2.24, 2.45) is 5.73 Å². The Hall–Kier alpha value is -1.95. The van der Waals surface area contributed by atoms with Gasteiger partial charge < -0.3 is 11.1 Å². The number of nitrogens with zero attached hydrogens (tertiary/aromatic N) is 1. The van der Waals surface area contributed by atoms with Crippen LogP contribution in [0.3, 0.4) is 0 Å². The maximum Gasteiger partial charge on any atom is 0.243 e. The molecule has 2 amide bonds. The molecule has 5 nitrogen and oxygen atoms in total. The third-order valence-corrected chi connectivity index (χ3v) is 4.74. The number of benzene rings is 1. The van der Waals surface area contributed by atoms with Crippen molar-refractivity contribution in [1.29, 1.82) is 0 Å². The fourth-order valence-corrected chi connectivity index (χ4v) is 3.40. The van der Waals surface area contributed by atoms with Crippen LogP contribution in [0.1, 0.15) is 50.1 Å². The number of primary amides is 1. The van der Waals surface area contributed by atoms with Crippen molar-refractivity contribution in [3.8, 4) is 0 Å². The van der Waals surface area contributed by atoms with Crippen LogP contribution in [0.2, 0.25) is 0 Å². The Balaban J connectivity index is 2.25. The summed E-state index contributed by atoms with van der Waals surface area (Å²) in [7, 11) is 3.55.